The first kappa shape index (κ1) is 24.0. The van der Waals surface area contributed by atoms with Crippen molar-refractivity contribution in [3.05, 3.63) is 138 Å². The molecular weight excluding hydrogens is 590 g/mol. The molecule has 0 amide bonds. The summed E-state index contributed by atoms with van der Waals surface area (Å²) >= 11 is 0. The van der Waals surface area contributed by atoms with E-state index in [1.54, 1.807) is 0 Å². The Hall–Kier alpha value is -6.27. The number of pyridine rings is 3. The molecular formula is C42H25N5O+2. The Balaban J connectivity index is 1.34. The van der Waals surface area contributed by atoms with Crippen LogP contribution in [0.25, 0.3) is 76.9 Å². The number of hydrogen-bond acceptors (Lipinski definition) is 2. The van der Waals surface area contributed by atoms with E-state index < -0.39 is 5.66 Å². The monoisotopic (exact) mass is 615 g/mol. The summed E-state index contributed by atoms with van der Waals surface area (Å²) in [6.45, 7) is 4.46. The number of aromatic nitrogens is 5. The average Bonchev–Trinajstić information content (AvgIpc) is 3.86. The maximum absolute atomic E-state index is 6.93. The quantitative estimate of drug-likeness (QED) is 0.106. The van der Waals surface area contributed by atoms with E-state index in [9.17, 15) is 0 Å². The number of aryl methyl sites for hydroxylation is 2. The zero-order chi connectivity index (χ0) is 31.2. The number of ether oxygens (including phenoxy) is 1. The minimum Gasteiger partial charge on any atom is -0.456 e. The van der Waals surface area contributed by atoms with Crippen LogP contribution in [-0.2, 0) is 5.66 Å². The van der Waals surface area contributed by atoms with E-state index in [-0.39, 0.29) is 0 Å². The third-order valence-electron chi connectivity index (χ3n) is 11.5. The van der Waals surface area contributed by atoms with Crippen LogP contribution in [0.4, 0.5) is 0 Å². The standard InChI is InChI=1S/C42H25N5O/c1-22-8-7-9-23(2)34(22)31-21-46-41-36-27(39-30(47(31)41)20-24-10-3-5-12-28(24)43-39)15-17-33-38(36)42(46)37-32(48-33)16-14-26-25-11-4-6-13-29(25)44-18-19-45(42)40(44)35(26)37/h3-21H,1-2H3/q+2. The van der Waals surface area contributed by atoms with Gasteiger partial charge in [0.2, 0.25) is 0 Å². The third kappa shape index (κ3) is 2.31. The first-order valence-electron chi connectivity index (χ1n) is 16.6. The lowest BCUT2D eigenvalue weighted by Gasteiger charge is -2.30. The van der Waals surface area contributed by atoms with Gasteiger partial charge in [-0.05, 0) is 67.4 Å². The number of benzene rings is 5. The van der Waals surface area contributed by atoms with E-state index in [4.69, 9.17) is 9.72 Å². The van der Waals surface area contributed by atoms with Crippen LogP contribution in [0.15, 0.2) is 116 Å². The summed E-state index contributed by atoms with van der Waals surface area (Å²) in [6, 6.07) is 35.0. The molecule has 8 heterocycles. The molecule has 1 atom stereocenters. The van der Waals surface area contributed by atoms with Crippen LogP contribution < -0.4 is 13.9 Å². The van der Waals surface area contributed by atoms with Crippen LogP contribution in [-0.4, -0.2) is 13.8 Å². The van der Waals surface area contributed by atoms with Crippen molar-refractivity contribution < 1.29 is 13.9 Å². The maximum Gasteiger partial charge on any atom is 0.315 e. The first-order chi connectivity index (χ1) is 23.6. The molecule has 0 fully saturated rings. The van der Waals surface area contributed by atoms with E-state index in [0.717, 1.165) is 38.8 Å². The van der Waals surface area contributed by atoms with Crippen LogP contribution in [0.3, 0.4) is 0 Å². The molecule has 6 heteroatoms. The second kappa shape index (κ2) is 7.48. The van der Waals surface area contributed by atoms with Gasteiger partial charge in [0, 0.05) is 27.1 Å². The van der Waals surface area contributed by atoms with Crippen LogP contribution in [0, 0.1) is 13.8 Å². The van der Waals surface area contributed by atoms with Gasteiger partial charge in [-0.25, -0.2) is 4.98 Å². The fraction of sp³-hybridized carbons (Fsp3) is 0.0714. The fourth-order valence-electron chi connectivity index (χ4n) is 9.81. The topological polar surface area (TPSA) is 38.7 Å². The first-order valence-corrected chi connectivity index (χ1v) is 16.6. The van der Waals surface area contributed by atoms with E-state index in [1.165, 1.54) is 71.9 Å². The fourth-order valence-corrected chi connectivity index (χ4v) is 9.81. The van der Waals surface area contributed by atoms with Gasteiger partial charge in [0.05, 0.1) is 16.3 Å². The Kier molecular flexibility index (Phi) is 3.74. The van der Waals surface area contributed by atoms with Crippen molar-refractivity contribution in [2.24, 2.45) is 0 Å². The van der Waals surface area contributed by atoms with Gasteiger partial charge in [-0.1, -0.05) is 54.6 Å². The second-order valence-electron chi connectivity index (χ2n) is 13.7. The molecule has 1 spiro atoms. The molecule has 0 saturated carbocycles. The van der Waals surface area contributed by atoms with Gasteiger partial charge in [0.15, 0.2) is 11.2 Å². The normalized spacial score (nSPS) is 16.8. The molecule has 0 saturated heterocycles. The lowest BCUT2D eigenvalue weighted by atomic mass is 9.85. The summed E-state index contributed by atoms with van der Waals surface area (Å²) in [7, 11) is 0. The maximum atomic E-state index is 6.93. The van der Waals surface area contributed by atoms with Gasteiger partial charge in [-0.2, -0.15) is 17.9 Å². The zero-order valence-corrected chi connectivity index (χ0v) is 26.1. The summed E-state index contributed by atoms with van der Waals surface area (Å²) in [5.74, 6) is 1.81. The van der Waals surface area contributed by atoms with Crippen molar-refractivity contribution in [3.63, 3.8) is 0 Å². The Labute approximate surface area is 272 Å². The Morgan fingerprint density at radius 1 is 0.688 bits per heavy atom. The number of nitrogens with zero attached hydrogens (tertiary/aromatic N) is 5. The van der Waals surface area contributed by atoms with Gasteiger partial charge in [0.25, 0.3) is 11.3 Å². The van der Waals surface area contributed by atoms with Crippen LogP contribution in [0.2, 0.25) is 0 Å². The van der Waals surface area contributed by atoms with Crippen LogP contribution in [0.1, 0.15) is 22.3 Å². The molecule has 5 aromatic carbocycles. The molecule has 48 heavy (non-hydrogen) atoms. The molecule has 6 nitrogen and oxygen atoms in total. The molecule has 10 aromatic rings. The number of imidazole rings is 2. The highest BCUT2D eigenvalue weighted by atomic mass is 16.5. The van der Waals surface area contributed by atoms with Crippen LogP contribution >= 0.6 is 0 Å². The smallest absolute Gasteiger partial charge is 0.315 e. The third-order valence-corrected chi connectivity index (χ3v) is 11.5. The predicted octanol–water partition coefficient (Wildman–Crippen LogP) is 8.24. The lowest BCUT2D eigenvalue weighted by Crippen LogP contribution is -2.71. The molecule has 0 aliphatic carbocycles. The van der Waals surface area contributed by atoms with Gasteiger partial charge in [0.1, 0.15) is 52.2 Å². The van der Waals surface area contributed by atoms with Crippen molar-refractivity contribution in [1.82, 2.24) is 13.8 Å². The largest absolute Gasteiger partial charge is 0.456 e. The number of rotatable bonds is 1. The summed E-state index contributed by atoms with van der Waals surface area (Å²) in [5, 5.41) is 7.22. The van der Waals surface area contributed by atoms with Crippen molar-refractivity contribution in [2.45, 2.75) is 19.5 Å². The molecule has 3 aliphatic heterocycles. The molecule has 3 aliphatic rings. The van der Waals surface area contributed by atoms with E-state index in [1.807, 2.05) is 0 Å². The molecule has 5 aromatic heterocycles. The molecule has 13 rings (SSSR count). The summed E-state index contributed by atoms with van der Waals surface area (Å²) < 4.78 is 16.9. The zero-order valence-electron chi connectivity index (χ0n) is 26.1. The highest BCUT2D eigenvalue weighted by Gasteiger charge is 2.65. The van der Waals surface area contributed by atoms with Gasteiger partial charge < -0.3 is 4.74 Å². The van der Waals surface area contributed by atoms with Crippen molar-refractivity contribution in [2.75, 3.05) is 0 Å². The lowest BCUT2D eigenvalue weighted by molar-refractivity contribution is -0.944. The van der Waals surface area contributed by atoms with E-state index in [0.29, 0.717) is 0 Å². The van der Waals surface area contributed by atoms with Crippen molar-refractivity contribution >= 4 is 65.7 Å². The molecule has 222 valence electrons. The Morgan fingerprint density at radius 3 is 2.29 bits per heavy atom. The Morgan fingerprint density at radius 2 is 1.44 bits per heavy atom. The molecule has 0 N–H and O–H groups in total. The molecule has 1 unspecified atom stereocenters. The van der Waals surface area contributed by atoms with Crippen molar-refractivity contribution in [1.29, 1.82) is 0 Å². The second-order valence-corrected chi connectivity index (χ2v) is 13.7. The van der Waals surface area contributed by atoms with E-state index >= 15 is 0 Å². The summed E-state index contributed by atoms with van der Waals surface area (Å²) in [5.41, 5.74) is 13.3. The van der Waals surface area contributed by atoms with Gasteiger partial charge in [-0.3, -0.25) is 0 Å². The minimum absolute atomic E-state index is 0.671. The predicted molar refractivity (Wildman–Crippen MR) is 187 cm³/mol. The summed E-state index contributed by atoms with van der Waals surface area (Å²) in [4.78, 5) is 5.40. The van der Waals surface area contributed by atoms with Crippen molar-refractivity contribution in [3.8, 4) is 22.8 Å². The Bertz CT molecular complexity index is 3220. The number of para-hydroxylation sites is 2. The highest BCUT2D eigenvalue weighted by molar-refractivity contribution is 6.18. The average molecular weight is 616 g/mol. The molecule has 0 bridgehead atoms. The number of hydrogen-bond donors (Lipinski definition) is 0. The van der Waals surface area contributed by atoms with E-state index in [2.05, 4.69) is 147 Å². The highest BCUT2D eigenvalue weighted by Crippen LogP contribution is 2.58. The summed E-state index contributed by atoms with van der Waals surface area (Å²) in [6.07, 6.45) is 6.94. The van der Waals surface area contributed by atoms with Crippen LogP contribution in [0.5, 0.6) is 11.5 Å². The van der Waals surface area contributed by atoms with Gasteiger partial charge in [-0.15, -0.1) is 0 Å². The van der Waals surface area contributed by atoms with Gasteiger partial charge >= 0.3 is 5.66 Å². The number of fused-ring (bicyclic) bond motifs is 7. The molecule has 0 radical (unpaired) electrons. The minimum atomic E-state index is -0.671. The SMILES string of the molecule is Cc1cccc(C)c1-c1c[n+]2c3c4c5c(ccc4c4nc6ccccc6cc4n13)Oc1ccc3c4ccccc4n4cc[n+]6c4c3c1C562.